The summed E-state index contributed by atoms with van der Waals surface area (Å²) < 4.78 is 16.6. The zero-order valence-electron chi connectivity index (χ0n) is 19.7. The second-order valence-electron chi connectivity index (χ2n) is 9.63. The van der Waals surface area contributed by atoms with Crippen molar-refractivity contribution in [2.75, 3.05) is 44.8 Å². The smallest absolute Gasteiger partial charge is 0.257 e. The molecule has 3 N–H and O–H groups in total. The maximum Gasteiger partial charge on any atom is 0.257 e. The maximum absolute atomic E-state index is 12.9. The Morgan fingerprint density at radius 1 is 1.09 bits per heavy atom. The van der Waals surface area contributed by atoms with Crippen molar-refractivity contribution in [2.24, 2.45) is 5.41 Å². The lowest BCUT2D eigenvalue weighted by atomic mass is 9.76. The molecule has 10 nitrogen and oxygen atoms in total. The van der Waals surface area contributed by atoms with Gasteiger partial charge in [-0.1, -0.05) is 13.0 Å². The predicted molar refractivity (Wildman–Crippen MR) is 124 cm³/mol. The number of carbonyl (C=O) groups is 3. The van der Waals surface area contributed by atoms with E-state index in [0.29, 0.717) is 45.3 Å². The Labute approximate surface area is 202 Å². The predicted octanol–water partition coefficient (Wildman–Crippen LogP) is 1.43. The quantitative estimate of drug-likeness (QED) is 0.395. The second kappa shape index (κ2) is 9.10. The van der Waals surface area contributed by atoms with Crippen LogP contribution >= 0.6 is 0 Å². The Balaban J connectivity index is 1.36. The molecular weight excluding hydrogens is 454 g/mol. The van der Waals surface area contributed by atoms with E-state index in [1.807, 2.05) is 26.0 Å². The van der Waals surface area contributed by atoms with E-state index in [-0.39, 0.29) is 34.4 Å². The van der Waals surface area contributed by atoms with Gasteiger partial charge in [-0.2, -0.15) is 0 Å². The van der Waals surface area contributed by atoms with Crippen molar-refractivity contribution in [2.45, 2.75) is 32.0 Å². The Kier molecular flexibility index (Phi) is 6.12. The molecule has 3 atom stereocenters. The van der Waals surface area contributed by atoms with Crippen molar-refractivity contribution in [3.63, 3.8) is 0 Å². The minimum absolute atomic E-state index is 0.127. The number of para-hydroxylation sites is 1. The third-order valence-electron chi connectivity index (χ3n) is 6.97. The topological polar surface area (TPSA) is 130 Å². The summed E-state index contributed by atoms with van der Waals surface area (Å²) in [5.74, 6) is -0.289. The molecule has 3 heterocycles. The zero-order valence-corrected chi connectivity index (χ0v) is 19.7. The van der Waals surface area contributed by atoms with Gasteiger partial charge in [0.25, 0.3) is 5.91 Å². The first-order chi connectivity index (χ1) is 16.8. The fraction of sp³-hybridized carbons (Fsp3) is 0.480. The SMILES string of the molecule is Cc1ccc(C(NC2C(=O)C(=O)C2Nc2cccc(C(=O)N3CCOCC3)c2O)C2(C)COC2)o1. The monoisotopic (exact) mass is 483 g/mol. The molecule has 35 heavy (non-hydrogen) atoms. The summed E-state index contributed by atoms with van der Waals surface area (Å²) in [5.41, 5.74) is 0.0355. The van der Waals surface area contributed by atoms with Gasteiger partial charge in [0.15, 0.2) is 5.75 Å². The lowest BCUT2D eigenvalue weighted by Gasteiger charge is -2.47. The second-order valence-corrected chi connectivity index (χ2v) is 9.63. The van der Waals surface area contributed by atoms with Crippen LogP contribution in [0.2, 0.25) is 0 Å². The molecule has 1 aromatic heterocycles. The average Bonchev–Trinajstić information content (AvgIpc) is 3.28. The molecule has 0 bridgehead atoms. The molecule has 1 aliphatic carbocycles. The van der Waals surface area contributed by atoms with Crippen LogP contribution in [-0.4, -0.2) is 79.1 Å². The molecule has 3 unspecified atom stereocenters. The highest BCUT2D eigenvalue weighted by Crippen LogP contribution is 2.42. The largest absolute Gasteiger partial charge is 0.505 e. The van der Waals surface area contributed by atoms with E-state index in [2.05, 4.69) is 10.6 Å². The number of hydrogen-bond donors (Lipinski definition) is 3. The van der Waals surface area contributed by atoms with Gasteiger partial charge in [0.1, 0.15) is 23.6 Å². The van der Waals surface area contributed by atoms with Crippen LogP contribution in [0.15, 0.2) is 34.7 Å². The molecule has 5 rings (SSSR count). The molecule has 0 radical (unpaired) electrons. The van der Waals surface area contributed by atoms with Crippen molar-refractivity contribution in [3.05, 3.63) is 47.4 Å². The first-order valence-electron chi connectivity index (χ1n) is 11.7. The highest BCUT2D eigenvalue weighted by molar-refractivity contribution is 6.49. The number of nitrogens with one attached hydrogen (secondary N) is 2. The highest BCUT2D eigenvalue weighted by Gasteiger charge is 2.53. The fourth-order valence-electron chi connectivity index (χ4n) is 4.78. The third kappa shape index (κ3) is 4.22. The summed E-state index contributed by atoms with van der Waals surface area (Å²) in [6.07, 6.45) is 0. The van der Waals surface area contributed by atoms with Gasteiger partial charge >= 0.3 is 0 Å². The number of amides is 1. The van der Waals surface area contributed by atoms with Crippen LogP contribution in [0.4, 0.5) is 5.69 Å². The highest BCUT2D eigenvalue weighted by atomic mass is 16.5. The summed E-state index contributed by atoms with van der Waals surface area (Å²) in [6, 6.07) is 6.38. The Morgan fingerprint density at radius 2 is 1.80 bits per heavy atom. The van der Waals surface area contributed by atoms with E-state index in [9.17, 15) is 19.5 Å². The molecule has 1 aromatic carbocycles. The number of ketones is 2. The van der Waals surface area contributed by atoms with E-state index in [1.54, 1.807) is 17.0 Å². The van der Waals surface area contributed by atoms with Gasteiger partial charge < -0.3 is 29.2 Å². The Hall–Kier alpha value is -3.21. The van der Waals surface area contributed by atoms with Crippen molar-refractivity contribution in [1.29, 1.82) is 0 Å². The minimum Gasteiger partial charge on any atom is -0.505 e. The molecule has 0 spiro atoms. The number of phenolic OH excluding ortho intramolecular Hbond substituents is 1. The number of morpholine rings is 1. The van der Waals surface area contributed by atoms with Crippen LogP contribution < -0.4 is 10.6 Å². The number of carbonyl (C=O) groups excluding carboxylic acids is 3. The molecule has 1 saturated carbocycles. The number of aromatic hydroxyl groups is 1. The van der Waals surface area contributed by atoms with Gasteiger partial charge in [0, 0.05) is 18.5 Å². The average molecular weight is 484 g/mol. The van der Waals surface area contributed by atoms with Crippen LogP contribution in [-0.2, 0) is 19.1 Å². The van der Waals surface area contributed by atoms with E-state index in [1.165, 1.54) is 6.07 Å². The van der Waals surface area contributed by atoms with Crippen LogP contribution in [0.25, 0.3) is 0 Å². The summed E-state index contributed by atoms with van der Waals surface area (Å²) in [7, 11) is 0. The summed E-state index contributed by atoms with van der Waals surface area (Å²) in [4.78, 5) is 39.6. The van der Waals surface area contributed by atoms with E-state index >= 15 is 0 Å². The number of phenols is 1. The van der Waals surface area contributed by atoms with E-state index in [0.717, 1.165) is 5.76 Å². The van der Waals surface area contributed by atoms with Crippen LogP contribution in [0.3, 0.4) is 0 Å². The first-order valence-corrected chi connectivity index (χ1v) is 11.7. The number of benzene rings is 1. The van der Waals surface area contributed by atoms with Crippen LogP contribution in [0.5, 0.6) is 5.75 Å². The number of nitrogens with zero attached hydrogens (tertiary/aromatic N) is 1. The lowest BCUT2D eigenvalue weighted by molar-refractivity contribution is -0.150. The molecule has 186 valence electrons. The number of anilines is 1. The molecule has 1 amide bonds. The third-order valence-corrected chi connectivity index (χ3v) is 6.97. The first kappa shape index (κ1) is 23.5. The van der Waals surface area contributed by atoms with Gasteiger partial charge in [0.05, 0.1) is 43.7 Å². The number of aryl methyl sites for hydroxylation is 1. The maximum atomic E-state index is 12.9. The molecule has 10 heteroatoms. The molecular formula is C25H29N3O7. The zero-order chi connectivity index (χ0) is 24.7. The van der Waals surface area contributed by atoms with Crippen LogP contribution in [0.1, 0.15) is 34.8 Å². The molecule has 2 aromatic rings. The van der Waals surface area contributed by atoms with Gasteiger partial charge in [0.2, 0.25) is 11.6 Å². The number of hydrogen-bond acceptors (Lipinski definition) is 9. The minimum atomic E-state index is -0.898. The summed E-state index contributed by atoms with van der Waals surface area (Å²) >= 11 is 0. The number of ether oxygens (including phenoxy) is 2. The van der Waals surface area contributed by atoms with Gasteiger partial charge in [-0.15, -0.1) is 0 Å². The Bertz CT molecular complexity index is 1150. The number of Topliss-reactive ketones (excluding diaryl/α,β-unsaturated/α-hetero) is 2. The fourth-order valence-corrected chi connectivity index (χ4v) is 4.78. The summed E-state index contributed by atoms with van der Waals surface area (Å²) in [5, 5.41) is 17.1. The lowest BCUT2D eigenvalue weighted by Crippen LogP contribution is -2.69. The van der Waals surface area contributed by atoms with Crippen LogP contribution in [0, 0.1) is 12.3 Å². The van der Waals surface area contributed by atoms with E-state index in [4.69, 9.17) is 13.9 Å². The molecule has 2 saturated heterocycles. The summed E-state index contributed by atoms with van der Waals surface area (Å²) in [6.45, 7) is 6.62. The Morgan fingerprint density at radius 3 is 2.43 bits per heavy atom. The standard InChI is InChI=1S/C25H29N3O7/c1-14-6-7-17(35-14)23(25(2)12-34-13-25)27-19-18(21(30)22(19)31)26-16-5-3-4-15(20(16)29)24(32)28-8-10-33-11-9-28/h3-7,18-19,23,26-27,29H,8-13H2,1-2H3. The van der Waals surface area contributed by atoms with Crippen molar-refractivity contribution < 1.29 is 33.4 Å². The van der Waals surface area contributed by atoms with Crippen molar-refractivity contribution in [3.8, 4) is 5.75 Å². The number of rotatable bonds is 7. The van der Waals surface area contributed by atoms with Gasteiger partial charge in [-0.3, -0.25) is 19.7 Å². The molecule has 2 aliphatic heterocycles. The molecule has 3 aliphatic rings. The van der Waals surface area contributed by atoms with Gasteiger partial charge in [-0.05, 0) is 31.2 Å². The normalized spacial score (nSPS) is 24.5. The van der Waals surface area contributed by atoms with E-state index < -0.39 is 23.7 Å². The van der Waals surface area contributed by atoms with Gasteiger partial charge in [-0.25, -0.2) is 0 Å². The number of furan rings is 1. The van der Waals surface area contributed by atoms with Crippen molar-refractivity contribution in [1.82, 2.24) is 10.2 Å². The molecule has 3 fully saturated rings. The van der Waals surface area contributed by atoms with Crippen molar-refractivity contribution >= 4 is 23.2 Å².